The molecule has 0 atom stereocenters. The second kappa shape index (κ2) is 6.64. The fraction of sp³-hybridized carbons (Fsp3) is 0.333. The van der Waals surface area contributed by atoms with Crippen LogP contribution in [0.25, 0.3) is 11.4 Å². The summed E-state index contributed by atoms with van der Waals surface area (Å²) in [4.78, 5) is 8.86. The summed E-state index contributed by atoms with van der Waals surface area (Å²) in [5, 5.41) is 0.491. The van der Waals surface area contributed by atoms with Gasteiger partial charge in [0.05, 0.1) is 6.61 Å². The first-order chi connectivity index (χ1) is 9.22. The summed E-state index contributed by atoms with van der Waals surface area (Å²) >= 11 is 6.06. The Morgan fingerprint density at radius 1 is 1.21 bits per heavy atom. The molecule has 1 aromatic carbocycles. The lowest BCUT2D eigenvalue weighted by Gasteiger charge is -2.06. The van der Waals surface area contributed by atoms with Gasteiger partial charge in [-0.15, -0.1) is 0 Å². The molecule has 2 rings (SSSR count). The van der Waals surface area contributed by atoms with Crippen LogP contribution in [0.1, 0.15) is 24.6 Å². The molecule has 4 heteroatoms. The van der Waals surface area contributed by atoms with E-state index in [1.54, 1.807) is 7.11 Å². The van der Waals surface area contributed by atoms with Crippen LogP contribution in [0, 0.1) is 0 Å². The highest BCUT2D eigenvalue weighted by molar-refractivity contribution is 6.29. The van der Waals surface area contributed by atoms with Gasteiger partial charge in [-0.25, -0.2) is 9.97 Å². The summed E-state index contributed by atoms with van der Waals surface area (Å²) in [6, 6.07) is 9.84. The van der Waals surface area contributed by atoms with Gasteiger partial charge in [0.15, 0.2) is 5.82 Å². The van der Waals surface area contributed by atoms with Gasteiger partial charge >= 0.3 is 0 Å². The molecule has 0 amide bonds. The number of hydrogen-bond acceptors (Lipinski definition) is 3. The molecule has 1 aromatic heterocycles. The highest BCUT2D eigenvalue weighted by Crippen LogP contribution is 2.20. The van der Waals surface area contributed by atoms with Crippen LogP contribution in [0.4, 0.5) is 0 Å². The zero-order valence-corrected chi connectivity index (χ0v) is 11.9. The second-order valence-electron chi connectivity index (χ2n) is 4.39. The standard InChI is InChI=1S/C15H17ClN2O/c1-3-5-13-9-14(16)18-15(17-13)12-7-4-6-11(8-12)10-19-2/h4,6-9H,3,5,10H2,1-2H3. The maximum Gasteiger partial charge on any atom is 0.161 e. The average Bonchev–Trinajstić information content (AvgIpc) is 2.39. The van der Waals surface area contributed by atoms with Crippen molar-refractivity contribution in [1.29, 1.82) is 0 Å². The summed E-state index contributed by atoms with van der Waals surface area (Å²) in [6.45, 7) is 2.70. The largest absolute Gasteiger partial charge is 0.380 e. The van der Waals surface area contributed by atoms with E-state index in [2.05, 4.69) is 16.9 Å². The number of ether oxygens (including phenoxy) is 1. The Labute approximate surface area is 118 Å². The SMILES string of the molecule is CCCc1cc(Cl)nc(-c2cccc(COC)c2)n1. The van der Waals surface area contributed by atoms with Crippen molar-refractivity contribution in [3.63, 3.8) is 0 Å². The first kappa shape index (κ1) is 14.0. The number of rotatable bonds is 5. The van der Waals surface area contributed by atoms with E-state index in [4.69, 9.17) is 16.3 Å². The molecular weight excluding hydrogens is 260 g/mol. The Morgan fingerprint density at radius 3 is 2.79 bits per heavy atom. The van der Waals surface area contributed by atoms with Crippen LogP contribution < -0.4 is 0 Å². The van der Waals surface area contributed by atoms with Gasteiger partial charge in [-0.1, -0.05) is 43.1 Å². The van der Waals surface area contributed by atoms with Gasteiger partial charge in [0.2, 0.25) is 0 Å². The van der Waals surface area contributed by atoms with Crippen molar-refractivity contribution in [2.75, 3.05) is 7.11 Å². The Hall–Kier alpha value is -1.45. The highest BCUT2D eigenvalue weighted by Gasteiger charge is 2.06. The smallest absolute Gasteiger partial charge is 0.161 e. The lowest BCUT2D eigenvalue weighted by Crippen LogP contribution is -1.97. The molecule has 1 heterocycles. The monoisotopic (exact) mass is 276 g/mol. The molecule has 0 bridgehead atoms. The Balaban J connectivity index is 2.37. The fourth-order valence-electron chi connectivity index (χ4n) is 1.94. The van der Waals surface area contributed by atoms with E-state index in [1.807, 2.05) is 30.3 Å². The van der Waals surface area contributed by atoms with Crippen molar-refractivity contribution < 1.29 is 4.74 Å². The van der Waals surface area contributed by atoms with Crippen LogP contribution in [0.15, 0.2) is 30.3 Å². The summed E-state index contributed by atoms with van der Waals surface area (Å²) < 4.78 is 5.14. The third kappa shape index (κ3) is 3.75. The molecule has 0 aliphatic heterocycles. The quantitative estimate of drug-likeness (QED) is 0.777. The number of benzene rings is 1. The minimum absolute atomic E-state index is 0.491. The van der Waals surface area contributed by atoms with Crippen molar-refractivity contribution in [1.82, 2.24) is 9.97 Å². The summed E-state index contributed by atoms with van der Waals surface area (Å²) in [7, 11) is 1.68. The topological polar surface area (TPSA) is 35.0 Å². The molecule has 3 nitrogen and oxygen atoms in total. The van der Waals surface area contributed by atoms with Crippen LogP contribution in [0.2, 0.25) is 5.15 Å². The number of nitrogens with zero attached hydrogens (tertiary/aromatic N) is 2. The predicted octanol–water partition coefficient (Wildman–Crippen LogP) is 3.90. The van der Waals surface area contributed by atoms with Gasteiger partial charge in [-0.2, -0.15) is 0 Å². The van der Waals surface area contributed by atoms with E-state index < -0.39 is 0 Å². The van der Waals surface area contributed by atoms with Crippen LogP contribution >= 0.6 is 11.6 Å². The Morgan fingerprint density at radius 2 is 2.05 bits per heavy atom. The molecular formula is C15H17ClN2O. The van der Waals surface area contributed by atoms with Crippen molar-refractivity contribution in [2.45, 2.75) is 26.4 Å². The molecule has 2 aromatic rings. The first-order valence-corrected chi connectivity index (χ1v) is 6.72. The summed E-state index contributed by atoms with van der Waals surface area (Å²) in [5.41, 5.74) is 3.05. The molecule has 19 heavy (non-hydrogen) atoms. The molecule has 0 spiro atoms. The van der Waals surface area contributed by atoms with Crippen molar-refractivity contribution in [2.24, 2.45) is 0 Å². The summed E-state index contributed by atoms with van der Waals surface area (Å²) in [5.74, 6) is 0.675. The zero-order chi connectivity index (χ0) is 13.7. The molecule has 0 saturated heterocycles. The van der Waals surface area contributed by atoms with E-state index in [0.717, 1.165) is 29.7 Å². The fourth-order valence-corrected chi connectivity index (χ4v) is 2.15. The number of halogens is 1. The Kier molecular flexibility index (Phi) is 4.88. The van der Waals surface area contributed by atoms with Gasteiger partial charge in [-0.05, 0) is 24.1 Å². The van der Waals surface area contributed by atoms with Crippen LogP contribution in [-0.2, 0) is 17.8 Å². The molecule has 0 N–H and O–H groups in total. The maximum atomic E-state index is 6.06. The molecule has 0 aliphatic carbocycles. The highest BCUT2D eigenvalue weighted by atomic mass is 35.5. The second-order valence-corrected chi connectivity index (χ2v) is 4.78. The summed E-state index contributed by atoms with van der Waals surface area (Å²) in [6.07, 6.45) is 1.95. The van der Waals surface area contributed by atoms with Crippen molar-refractivity contribution in [3.8, 4) is 11.4 Å². The predicted molar refractivity (Wildman–Crippen MR) is 77.2 cm³/mol. The lowest BCUT2D eigenvalue weighted by molar-refractivity contribution is 0.185. The van der Waals surface area contributed by atoms with Crippen LogP contribution in [0.5, 0.6) is 0 Å². The number of methoxy groups -OCH3 is 1. The van der Waals surface area contributed by atoms with Crippen molar-refractivity contribution in [3.05, 3.63) is 46.7 Å². The van der Waals surface area contributed by atoms with Gasteiger partial charge in [0.25, 0.3) is 0 Å². The van der Waals surface area contributed by atoms with Crippen molar-refractivity contribution >= 4 is 11.6 Å². The molecule has 0 saturated carbocycles. The minimum Gasteiger partial charge on any atom is -0.380 e. The van der Waals surface area contributed by atoms with E-state index in [1.165, 1.54) is 0 Å². The molecule has 0 radical (unpaired) electrons. The van der Waals surface area contributed by atoms with Gasteiger partial charge in [-0.3, -0.25) is 0 Å². The lowest BCUT2D eigenvalue weighted by atomic mass is 10.1. The normalized spacial score (nSPS) is 10.7. The first-order valence-electron chi connectivity index (χ1n) is 6.34. The molecule has 100 valence electrons. The third-order valence-corrected chi connectivity index (χ3v) is 2.94. The van der Waals surface area contributed by atoms with Gasteiger partial charge in [0, 0.05) is 18.4 Å². The Bertz CT molecular complexity index is 558. The van der Waals surface area contributed by atoms with E-state index >= 15 is 0 Å². The number of hydrogen-bond donors (Lipinski definition) is 0. The minimum atomic E-state index is 0.491. The zero-order valence-electron chi connectivity index (χ0n) is 11.2. The number of aryl methyl sites for hydroxylation is 1. The average molecular weight is 277 g/mol. The maximum absolute atomic E-state index is 6.06. The van der Waals surface area contributed by atoms with Crippen LogP contribution in [0.3, 0.4) is 0 Å². The van der Waals surface area contributed by atoms with E-state index in [-0.39, 0.29) is 0 Å². The molecule has 0 fully saturated rings. The van der Waals surface area contributed by atoms with E-state index in [9.17, 15) is 0 Å². The van der Waals surface area contributed by atoms with Gasteiger partial charge in [0.1, 0.15) is 5.15 Å². The van der Waals surface area contributed by atoms with E-state index in [0.29, 0.717) is 17.6 Å². The third-order valence-electron chi connectivity index (χ3n) is 2.75. The van der Waals surface area contributed by atoms with Crippen LogP contribution in [-0.4, -0.2) is 17.1 Å². The molecule has 0 unspecified atom stereocenters. The molecule has 0 aliphatic rings. The van der Waals surface area contributed by atoms with Gasteiger partial charge < -0.3 is 4.74 Å². The number of aromatic nitrogens is 2.